The minimum atomic E-state index is -3.69. The summed E-state index contributed by atoms with van der Waals surface area (Å²) < 4.78 is 32.2. The van der Waals surface area contributed by atoms with Gasteiger partial charge in [0.1, 0.15) is 5.76 Å². The lowest BCUT2D eigenvalue weighted by molar-refractivity contribution is -0.116. The molecular formula is C22H22N2O5S. The summed E-state index contributed by atoms with van der Waals surface area (Å²) in [5.41, 5.74) is 1.12. The molecule has 0 aliphatic carbocycles. The molecule has 0 radical (unpaired) electrons. The van der Waals surface area contributed by atoms with E-state index in [0.29, 0.717) is 23.4 Å². The first-order valence-corrected chi connectivity index (χ1v) is 10.9. The summed E-state index contributed by atoms with van der Waals surface area (Å²) in [4.78, 5) is 24.2. The Bertz CT molecular complexity index is 1080. The zero-order chi connectivity index (χ0) is 21.4. The number of ketones is 1. The summed E-state index contributed by atoms with van der Waals surface area (Å²) in [7, 11) is -3.69. The number of sulfonamides is 1. The lowest BCUT2D eigenvalue weighted by Gasteiger charge is -2.08. The maximum Gasteiger partial charge on any atom is 0.240 e. The van der Waals surface area contributed by atoms with Gasteiger partial charge < -0.3 is 9.73 Å². The predicted octanol–water partition coefficient (Wildman–Crippen LogP) is 3.75. The van der Waals surface area contributed by atoms with E-state index in [0.717, 1.165) is 0 Å². The molecule has 0 spiro atoms. The van der Waals surface area contributed by atoms with Gasteiger partial charge in [0.25, 0.3) is 0 Å². The number of carbonyl (C=O) groups is 2. The van der Waals surface area contributed by atoms with Crippen LogP contribution < -0.4 is 10.0 Å². The molecule has 0 saturated heterocycles. The van der Waals surface area contributed by atoms with Crippen molar-refractivity contribution in [1.82, 2.24) is 4.72 Å². The number of hydrogen-bond acceptors (Lipinski definition) is 5. The van der Waals surface area contributed by atoms with Crippen molar-refractivity contribution in [2.75, 3.05) is 5.32 Å². The molecule has 0 aliphatic heterocycles. The van der Waals surface area contributed by atoms with Crippen LogP contribution in [0.1, 0.15) is 35.4 Å². The van der Waals surface area contributed by atoms with Crippen molar-refractivity contribution in [2.24, 2.45) is 0 Å². The number of amides is 1. The van der Waals surface area contributed by atoms with Crippen LogP contribution in [0, 0.1) is 0 Å². The highest BCUT2D eigenvalue weighted by Gasteiger charge is 2.14. The van der Waals surface area contributed by atoms with E-state index in [4.69, 9.17) is 4.42 Å². The van der Waals surface area contributed by atoms with Crippen molar-refractivity contribution in [3.63, 3.8) is 0 Å². The molecule has 0 aliphatic rings. The van der Waals surface area contributed by atoms with Crippen molar-refractivity contribution in [3.8, 4) is 0 Å². The molecule has 0 bridgehead atoms. The number of benzene rings is 2. The van der Waals surface area contributed by atoms with Crippen molar-refractivity contribution in [1.29, 1.82) is 0 Å². The largest absolute Gasteiger partial charge is 0.468 e. The molecule has 0 saturated carbocycles. The smallest absolute Gasteiger partial charge is 0.240 e. The monoisotopic (exact) mass is 426 g/mol. The Hall–Kier alpha value is -3.23. The lowest BCUT2D eigenvalue weighted by atomic mass is 10.1. The standard InChI is InChI=1S/C22H22N2O5S/c25-21(17-6-2-1-3-7-17)9-4-10-22(26)24-18-11-13-20(14-12-18)30(27,28)23-16-19-8-5-15-29-19/h1-3,5-8,11-15,23H,4,9-10,16H2,(H,24,26). The third-order valence-corrected chi connectivity index (χ3v) is 5.79. The van der Waals surface area contributed by atoms with Gasteiger partial charge in [0.05, 0.1) is 17.7 Å². The maximum absolute atomic E-state index is 12.3. The highest BCUT2D eigenvalue weighted by atomic mass is 32.2. The van der Waals surface area contributed by atoms with Crippen LogP contribution in [0.4, 0.5) is 5.69 Å². The van der Waals surface area contributed by atoms with Crippen molar-refractivity contribution in [2.45, 2.75) is 30.7 Å². The number of hydrogen-bond donors (Lipinski definition) is 2. The van der Waals surface area contributed by atoms with Crippen LogP contribution in [0.15, 0.2) is 82.3 Å². The van der Waals surface area contributed by atoms with E-state index < -0.39 is 10.0 Å². The second kappa shape index (κ2) is 10.00. The molecule has 2 aromatic carbocycles. The number of anilines is 1. The molecule has 156 valence electrons. The highest BCUT2D eigenvalue weighted by Crippen LogP contribution is 2.15. The number of nitrogens with one attached hydrogen (secondary N) is 2. The lowest BCUT2D eigenvalue weighted by Crippen LogP contribution is -2.23. The highest BCUT2D eigenvalue weighted by molar-refractivity contribution is 7.89. The second-order valence-corrected chi connectivity index (χ2v) is 8.39. The normalized spacial score (nSPS) is 11.2. The molecule has 1 amide bonds. The van der Waals surface area contributed by atoms with Gasteiger partial charge in [0.2, 0.25) is 15.9 Å². The van der Waals surface area contributed by atoms with Crippen molar-refractivity contribution < 1.29 is 22.4 Å². The molecule has 3 aromatic rings. The van der Waals surface area contributed by atoms with E-state index in [9.17, 15) is 18.0 Å². The summed E-state index contributed by atoms with van der Waals surface area (Å²) >= 11 is 0. The fourth-order valence-electron chi connectivity index (χ4n) is 2.78. The van der Waals surface area contributed by atoms with Gasteiger partial charge in [-0.3, -0.25) is 9.59 Å². The molecule has 2 N–H and O–H groups in total. The Kier molecular flexibility index (Phi) is 7.16. The summed E-state index contributed by atoms with van der Waals surface area (Å²) in [6.07, 6.45) is 2.39. The maximum atomic E-state index is 12.3. The van der Waals surface area contributed by atoms with Gasteiger partial charge in [-0.2, -0.15) is 0 Å². The van der Waals surface area contributed by atoms with Gasteiger partial charge >= 0.3 is 0 Å². The van der Waals surface area contributed by atoms with Crippen LogP contribution in [0.2, 0.25) is 0 Å². The van der Waals surface area contributed by atoms with E-state index in [-0.39, 0.29) is 36.0 Å². The summed E-state index contributed by atoms with van der Waals surface area (Å²) in [5, 5.41) is 2.71. The molecule has 30 heavy (non-hydrogen) atoms. The zero-order valence-electron chi connectivity index (χ0n) is 16.2. The quantitative estimate of drug-likeness (QED) is 0.480. The molecule has 3 rings (SSSR count). The van der Waals surface area contributed by atoms with E-state index in [1.165, 1.54) is 30.5 Å². The molecular weight excluding hydrogens is 404 g/mol. The Morgan fingerprint density at radius 1 is 0.867 bits per heavy atom. The Morgan fingerprint density at radius 2 is 1.60 bits per heavy atom. The third kappa shape index (κ3) is 6.13. The molecule has 0 atom stereocenters. The van der Waals surface area contributed by atoms with Crippen LogP contribution in [-0.4, -0.2) is 20.1 Å². The third-order valence-electron chi connectivity index (χ3n) is 4.37. The fourth-order valence-corrected chi connectivity index (χ4v) is 3.77. The number of furan rings is 1. The molecule has 8 heteroatoms. The summed E-state index contributed by atoms with van der Waals surface area (Å²) in [6.45, 7) is 0.0511. The van der Waals surface area contributed by atoms with Crippen LogP contribution >= 0.6 is 0 Å². The zero-order valence-corrected chi connectivity index (χ0v) is 17.0. The van der Waals surface area contributed by atoms with E-state index in [1.54, 1.807) is 36.4 Å². The first-order valence-electron chi connectivity index (χ1n) is 9.44. The minimum Gasteiger partial charge on any atom is -0.468 e. The van der Waals surface area contributed by atoms with Gasteiger partial charge in [-0.1, -0.05) is 30.3 Å². The number of Topliss-reactive ketones (excluding diaryl/α,β-unsaturated/α-hetero) is 1. The summed E-state index contributed by atoms with van der Waals surface area (Å²) in [6, 6.07) is 18.2. The van der Waals surface area contributed by atoms with Crippen LogP contribution in [0.5, 0.6) is 0 Å². The molecule has 1 heterocycles. The fraction of sp³-hybridized carbons (Fsp3) is 0.182. The SMILES string of the molecule is O=C(CCCC(=O)c1ccccc1)Nc1ccc(S(=O)(=O)NCc2ccco2)cc1. The first-order chi connectivity index (χ1) is 14.4. The van der Waals surface area contributed by atoms with Gasteiger partial charge in [0, 0.05) is 24.1 Å². The van der Waals surface area contributed by atoms with E-state index >= 15 is 0 Å². The van der Waals surface area contributed by atoms with E-state index in [1.807, 2.05) is 6.07 Å². The van der Waals surface area contributed by atoms with Crippen molar-refractivity contribution >= 4 is 27.4 Å². The average Bonchev–Trinajstić information content (AvgIpc) is 3.27. The Morgan fingerprint density at radius 3 is 2.27 bits per heavy atom. The Labute approximate surface area is 175 Å². The predicted molar refractivity (Wildman–Crippen MR) is 112 cm³/mol. The Balaban J connectivity index is 1.46. The first kappa shape index (κ1) is 21.5. The number of rotatable bonds is 10. The van der Waals surface area contributed by atoms with E-state index in [2.05, 4.69) is 10.0 Å². The van der Waals surface area contributed by atoms with Gasteiger partial charge in [-0.25, -0.2) is 13.1 Å². The molecule has 0 unspecified atom stereocenters. The molecule has 1 aromatic heterocycles. The van der Waals surface area contributed by atoms with Gasteiger partial charge in [-0.15, -0.1) is 0 Å². The summed E-state index contributed by atoms with van der Waals surface area (Å²) in [5.74, 6) is 0.274. The van der Waals surface area contributed by atoms with Gasteiger partial charge in [0.15, 0.2) is 5.78 Å². The minimum absolute atomic E-state index is 0.00000733. The van der Waals surface area contributed by atoms with Crippen molar-refractivity contribution in [3.05, 3.63) is 84.3 Å². The van der Waals surface area contributed by atoms with Gasteiger partial charge in [-0.05, 0) is 42.8 Å². The van der Waals surface area contributed by atoms with Crippen LogP contribution in [0.25, 0.3) is 0 Å². The molecule has 0 fully saturated rings. The van der Waals surface area contributed by atoms with Crippen LogP contribution in [-0.2, 0) is 21.4 Å². The van der Waals surface area contributed by atoms with Crippen LogP contribution in [0.3, 0.4) is 0 Å². The average molecular weight is 426 g/mol. The second-order valence-electron chi connectivity index (χ2n) is 6.62. The molecule has 7 nitrogen and oxygen atoms in total. The number of carbonyl (C=O) groups excluding carboxylic acids is 2. The topological polar surface area (TPSA) is 105 Å².